The first-order chi connectivity index (χ1) is 16.9. The molecule has 0 saturated heterocycles. The first-order valence-corrected chi connectivity index (χ1v) is 16.3. The van der Waals surface area contributed by atoms with Gasteiger partial charge in [0.15, 0.2) is 0 Å². The van der Waals surface area contributed by atoms with E-state index in [2.05, 4.69) is 49.0 Å². The van der Waals surface area contributed by atoms with Crippen LogP contribution in [0.1, 0.15) is 77.3 Å². The monoisotopic (exact) mass is 596 g/mol. The lowest BCUT2D eigenvalue weighted by Crippen LogP contribution is -2.29. The molecule has 36 heavy (non-hydrogen) atoms. The number of hydrogen-bond donors (Lipinski definition) is 2. The summed E-state index contributed by atoms with van der Waals surface area (Å²) in [6.07, 6.45) is 6.79. The van der Waals surface area contributed by atoms with Crippen LogP contribution >= 0.6 is 73.2 Å². The number of fused-ring (bicyclic) bond motifs is 2. The number of carbonyl (C=O) groups is 1. The van der Waals surface area contributed by atoms with E-state index in [1.807, 2.05) is 23.5 Å². The van der Waals surface area contributed by atoms with Gasteiger partial charge in [0, 0.05) is 45.2 Å². The van der Waals surface area contributed by atoms with Gasteiger partial charge in [0.05, 0.1) is 10.1 Å². The number of aromatic nitrogens is 2. The van der Waals surface area contributed by atoms with Crippen LogP contribution in [0.15, 0.2) is 32.0 Å². The zero-order valence-electron chi connectivity index (χ0n) is 21.6. The SMILES string of the molecule is CC(C)(CCCC(=O)CCCC(C)(C)n1c(S)c2c(cc1=S)SCC2)n1c(S)c2c(cc1=S)SCC2. The highest BCUT2D eigenvalue weighted by Crippen LogP contribution is 2.40. The Labute approximate surface area is 245 Å². The van der Waals surface area contributed by atoms with Gasteiger partial charge in [0.2, 0.25) is 0 Å². The molecule has 0 aromatic carbocycles. The maximum Gasteiger partial charge on any atom is 0.132 e. The predicted molar refractivity (Wildman–Crippen MR) is 165 cm³/mol. The normalized spacial score (nSPS) is 15.3. The molecule has 0 saturated carbocycles. The third-order valence-electron chi connectivity index (χ3n) is 7.43. The van der Waals surface area contributed by atoms with Crippen LogP contribution in [0.4, 0.5) is 0 Å². The summed E-state index contributed by atoms with van der Waals surface area (Å²) in [7, 11) is 0. The van der Waals surface area contributed by atoms with Crippen LogP contribution in [0.25, 0.3) is 0 Å². The lowest BCUT2D eigenvalue weighted by molar-refractivity contribution is -0.119. The molecule has 2 aliphatic rings. The Hall–Kier alpha value is -0.190. The van der Waals surface area contributed by atoms with Crippen molar-refractivity contribution in [1.82, 2.24) is 9.13 Å². The smallest absolute Gasteiger partial charge is 0.132 e. The van der Waals surface area contributed by atoms with Gasteiger partial charge in [0.25, 0.3) is 0 Å². The van der Waals surface area contributed by atoms with E-state index in [0.717, 1.165) is 69.4 Å². The van der Waals surface area contributed by atoms with Gasteiger partial charge in [0.1, 0.15) is 15.1 Å². The van der Waals surface area contributed by atoms with Crippen molar-refractivity contribution in [3.8, 4) is 0 Å². The van der Waals surface area contributed by atoms with E-state index >= 15 is 0 Å². The molecule has 0 atom stereocenters. The lowest BCUT2D eigenvalue weighted by atomic mass is 9.93. The van der Waals surface area contributed by atoms with Crippen LogP contribution < -0.4 is 0 Å². The van der Waals surface area contributed by atoms with Gasteiger partial charge in [-0.25, -0.2) is 0 Å². The number of hydrogen-bond acceptors (Lipinski definition) is 7. The van der Waals surface area contributed by atoms with Crippen LogP contribution in [0.5, 0.6) is 0 Å². The zero-order chi connectivity index (χ0) is 26.3. The minimum absolute atomic E-state index is 0.177. The van der Waals surface area contributed by atoms with Crippen molar-refractivity contribution >= 4 is 79.0 Å². The largest absolute Gasteiger partial charge is 0.322 e. The molecular formula is C27H36N2OS6. The van der Waals surface area contributed by atoms with Gasteiger partial charge < -0.3 is 9.13 Å². The highest BCUT2D eigenvalue weighted by atomic mass is 32.2. The molecule has 0 radical (unpaired) electrons. The second-order valence-corrected chi connectivity index (χ2v) is 15.0. The average Bonchev–Trinajstić information content (AvgIpc) is 3.42. The fraction of sp³-hybridized carbons (Fsp3) is 0.593. The Morgan fingerprint density at radius 2 is 1.22 bits per heavy atom. The van der Waals surface area contributed by atoms with Crippen molar-refractivity contribution in [2.75, 3.05) is 11.5 Å². The van der Waals surface area contributed by atoms with E-state index in [9.17, 15) is 4.79 Å². The predicted octanol–water partition coefficient (Wildman–Crippen LogP) is 8.70. The summed E-state index contributed by atoms with van der Waals surface area (Å²) in [5, 5.41) is 1.99. The Morgan fingerprint density at radius 3 is 1.61 bits per heavy atom. The van der Waals surface area contributed by atoms with Crippen LogP contribution in [-0.2, 0) is 28.7 Å². The Morgan fingerprint density at radius 1 is 0.833 bits per heavy atom. The first-order valence-electron chi connectivity index (χ1n) is 12.7. The molecule has 2 aromatic rings. The molecule has 0 amide bonds. The molecule has 2 aromatic heterocycles. The van der Waals surface area contributed by atoms with E-state index in [0.29, 0.717) is 18.6 Å². The van der Waals surface area contributed by atoms with Gasteiger partial charge in [-0.1, -0.05) is 24.4 Å². The second kappa shape index (κ2) is 11.5. The highest BCUT2D eigenvalue weighted by molar-refractivity contribution is 8.00. The van der Waals surface area contributed by atoms with E-state index in [1.54, 1.807) is 0 Å². The van der Waals surface area contributed by atoms with Crippen LogP contribution in [0, 0.1) is 9.28 Å². The van der Waals surface area contributed by atoms with Crippen molar-refractivity contribution in [1.29, 1.82) is 0 Å². The van der Waals surface area contributed by atoms with Gasteiger partial charge in [-0.15, -0.1) is 48.8 Å². The van der Waals surface area contributed by atoms with E-state index in [4.69, 9.17) is 49.7 Å². The Balaban J connectivity index is 1.31. The van der Waals surface area contributed by atoms with E-state index < -0.39 is 0 Å². The van der Waals surface area contributed by atoms with Crippen molar-refractivity contribution in [3.05, 3.63) is 32.5 Å². The zero-order valence-corrected chi connectivity index (χ0v) is 26.6. The van der Waals surface area contributed by atoms with Gasteiger partial charge >= 0.3 is 0 Å². The summed E-state index contributed by atoms with van der Waals surface area (Å²) in [6, 6.07) is 4.25. The number of ketones is 1. The number of rotatable bonds is 10. The molecule has 0 N–H and O–H groups in total. The summed E-state index contributed by atoms with van der Waals surface area (Å²) < 4.78 is 6.05. The minimum atomic E-state index is -0.177. The molecule has 3 nitrogen and oxygen atoms in total. The van der Waals surface area contributed by atoms with Crippen molar-refractivity contribution in [2.45, 2.75) is 110 Å². The maximum atomic E-state index is 12.8. The fourth-order valence-electron chi connectivity index (χ4n) is 5.44. The molecule has 0 unspecified atom stereocenters. The molecule has 0 fully saturated rings. The molecular weight excluding hydrogens is 561 g/mol. The number of nitrogens with zero attached hydrogens (tertiary/aromatic N) is 2. The molecule has 0 bridgehead atoms. The quantitative estimate of drug-likeness (QED) is 0.211. The Bertz CT molecular complexity index is 1190. The number of thioether (sulfide) groups is 2. The average molecular weight is 597 g/mol. The molecule has 4 rings (SSSR count). The molecule has 196 valence electrons. The van der Waals surface area contributed by atoms with Gasteiger partial charge in [-0.05, 0) is 89.5 Å². The van der Waals surface area contributed by atoms with Crippen LogP contribution in [0.3, 0.4) is 0 Å². The third kappa shape index (κ3) is 6.01. The maximum absolute atomic E-state index is 12.8. The fourth-order valence-corrected chi connectivity index (χ4v) is 10.2. The number of carbonyl (C=O) groups excluding carboxylic acids is 1. The standard InChI is InChI=1S/C27H36N2OS6/c1-26(2,28-22(31)15-20-18(24(28)33)9-13-35-20)11-5-7-17(30)8-6-12-27(3,4)29-23(32)16-21-19(25(29)34)10-14-36-21/h15-16,33-34H,5-14H2,1-4H3. The summed E-state index contributed by atoms with van der Waals surface area (Å²) in [5.74, 6) is 2.53. The number of Topliss-reactive ketones (excluding diaryl/α,β-unsaturated/α-hetero) is 1. The first kappa shape index (κ1) is 28.8. The molecule has 2 aliphatic heterocycles. The molecule has 0 spiro atoms. The molecule has 0 aliphatic carbocycles. The second-order valence-electron chi connectivity index (χ2n) is 11.0. The van der Waals surface area contributed by atoms with Crippen LogP contribution in [0.2, 0.25) is 0 Å². The van der Waals surface area contributed by atoms with Gasteiger partial charge in [-0.3, -0.25) is 4.79 Å². The molecule has 4 heterocycles. The molecule has 9 heteroatoms. The third-order valence-corrected chi connectivity index (χ3v) is 11.1. The van der Waals surface area contributed by atoms with Crippen molar-refractivity contribution in [2.24, 2.45) is 0 Å². The minimum Gasteiger partial charge on any atom is -0.322 e. The summed E-state index contributed by atoms with van der Waals surface area (Å²) in [4.78, 5) is 15.3. The van der Waals surface area contributed by atoms with E-state index in [1.165, 1.54) is 20.9 Å². The van der Waals surface area contributed by atoms with E-state index in [-0.39, 0.29) is 11.1 Å². The lowest BCUT2D eigenvalue weighted by Gasteiger charge is -2.32. The summed E-state index contributed by atoms with van der Waals surface area (Å²) in [5.41, 5.74) is 2.28. The van der Waals surface area contributed by atoms with Gasteiger partial charge in [-0.2, -0.15) is 0 Å². The number of thiol groups is 2. The van der Waals surface area contributed by atoms with Crippen LogP contribution in [-0.4, -0.2) is 26.4 Å². The van der Waals surface area contributed by atoms with Crippen molar-refractivity contribution in [3.63, 3.8) is 0 Å². The van der Waals surface area contributed by atoms with Crippen molar-refractivity contribution < 1.29 is 4.79 Å². The summed E-state index contributed by atoms with van der Waals surface area (Å²) >= 11 is 24.9. The topological polar surface area (TPSA) is 26.9 Å². The Kier molecular flexibility index (Phi) is 9.21. The number of pyridine rings is 2. The summed E-state index contributed by atoms with van der Waals surface area (Å²) in [6.45, 7) is 8.82. The highest BCUT2D eigenvalue weighted by Gasteiger charge is 2.28.